The third kappa shape index (κ3) is 4.30. The number of carbonyl (C=O) groups is 1. The first-order valence-corrected chi connectivity index (χ1v) is 10.5. The summed E-state index contributed by atoms with van der Waals surface area (Å²) in [6.45, 7) is 6.43. The second-order valence-corrected chi connectivity index (χ2v) is 8.31. The highest BCUT2D eigenvalue weighted by Gasteiger charge is 2.27. The molecule has 0 saturated carbocycles. The Kier molecular flexibility index (Phi) is 5.41. The second-order valence-electron chi connectivity index (χ2n) is 7.37. The average molecular weight is 387 g/mol. The van der Waals surface area contributed by atoms with Crippen LogP contribution in [0.5, 0.6) is 0 Å². The summed E-state index contributed by atoms with van der Waals surface area (Å²) in [6, 6.07) is 4.41. The molecule has 144 valence electrons. The van der Waals surface area contributed by atoms with Crippen LogP contribution < -0.4 is 10.2 Å². The Morgan fingerprint density at radius 3 is 2.93 bits per heavy atom. The van der Waals surface area contributed by atoms with Gasteiger partial charge in [-0.15, -0.1) is 11.3 Å². The summed E-state index contributed by atoms with van der Waals surface area (Å²) in [7, 11) is 0. The summed E-state index contributed by atoms with van der Waals surface area (Å²) in [5.41, 5.74) is 2.33. The van der Waals surface area contributed by atoms with Crippen LogP contribution >= 0.6 is 11.3 Å². The molecular weight excluding hydrogens is 360 g/mol. The van der Waals surface area contributed by atoms with Gasteiger partial charge in [-0.3, -0.25) is 4.79 Å². The van der Waals surface area contributed by atoms with Crippen LogP contribution in [0.3, 0.4) is 0 Å². The number of aryl methyl sites for hydroxylation is 2. The Labute approximate surface area is 164 Å². The van der Waals surface area contributed by atoms with E-state index in [1.54, 1.807) is 11.3 Å². The van der Waals surface area contributed by atoms with Crippen molar-refractivity contribution in [1.29, 1.82) is 0 Å². The molecule has 2 aliphatic heterocycles. The molecule has 2 aromatic heterocycles. The minimum absolute atomic E-state index is 0.0826. The van der Waals surface area contributed by atoms with E-state index in [4.69, 9.17) is 4.74 Å². The number of nitrogens with one attached hydrogen (secondary N) is 1. The van der Waals surface area contributed by atoms with Crippen molar-refractivity contribution < 1.29 is 9.53 Å². The van der Waals surface area contributed by atoms with Crippen LogP contribution in [-0.2, 0) is 16.0 Å². The fourth-order valence-electron chi connectivity index (χ4n) is 3.94. The normalized spacial score (nSPS) is 20.4. The van der Waals surface area contributed by atoms with E-state index in [1.807, 2.05) is 19.9 Å². The van der Waals surface area contributed by atoms with E-state index < -0.39 is 0 Å². The fourth-order valence-corrected chi connectivity index (χ4v) is 4.95. The number of amides is 1. The van der Waals surface area contributed by atoms with E-state index in [2.05, 4.69) is 31.6 Å². The van der Waals surface area contributed by atoms with Crippen LogP contribution in [-0.4, -0.2) is 41.6 Å². The predicted molar refractivity (Wildman–Crippen MR) is 106 cm³/mol. The highest BCUT2D eigenvalue weighted by atomic mass is 32.1. The maximum atomic E-state index is 12.5. The molecule has 7 heteroatoms. The van der Waals surface area contributed by atoms with E-state index in [0.29, 0.717) is 13.0 Å². The van der Waals surface area contributed by atoms with E-state index in [0.717, 1.165) is 49.7 Å². The molecular formula is C20H26N4O2S. The van der Waals surface area contributed by atoms with Crippen molar-refractivity contribution in [3.63, 3.8) is 0 Å². The molecule has 2 aliphatic rings. The number of thiophene rings is 1. The SMILES string of the molecule is Cc1cc(N2CCC(NC(=O)C[C@H]3OCCc4ccsc43)CC2)nc(C)n1. The first-order valence-electron chi connectivity index (χ1n) is 9.63. The lowest BCUT2D eigenvalue weighted by Gasteiger charge is -2.33. The molecule has 1 N–H and O–H groups in total. The van der Waals surface area contributed by atoms with Crippen molar-refractivity contribution in [2.75, 3.05) is 24.6 Å². The van der Waals surface area contributed by atoms with Gasteiger partial charge in [0.05, 0.1) is 13.0 Å². The average Bonchev–Trinajstić information content (AvgIpc) is 3.11. The van der Waals surface area contributed by atoms with Gasteiger partial charge in [0.1, 0.15) is 17.7 Å². The lowest BCUT2D eigenvalue weighted by atomic mass is 10.0. The lowest BCUT2D eigenvalue weighted by molar-refractivity contribution is -0.125. The number of nitrogens with zero attached hydrogens (tertiary/aromatic N) is 3. The number of aromatic nitrogens is 2. The number of hydrogen-bond acceptors (Lipinski definition) is 6. The Hall–Kier alpha value is -1.99. The highest BCUT2D eigenvalue weighted by Crippen LogP contribution is 2.33. The van der Waals surface area contributed by atoms with Crippen molar-refractivity contribution in [2.45, 2.75) is 51.7 Å². The van der Waals surface area contributed by atoms with E-state index in [9.17, 15) is 4.79 Å². The van der Waals surface area contributed by atoms with Gasteiger partial charge in [-0.1, -0.05) is 0 Å². The standard InChI is InChI=1S/C20H26N4O2S/c1-13-11-18(22-14(2)21-13)24-7-3-16(4-8-24)23-19(25)12-17-20-15(5-9-26-17)6-10-27-20/h6,10-11,16-17H,3-5,7-9,12H2,1-2H3,(H,23,25)/t17-/m1/s1. The van der Waals surface area contributed by atoms with Gasteiger partial charge in [0, 0.05) is 35.8 Å². The van der Waals surface area contributed by atoms with Crippen LogP contribution in [0, 0.1) is 13.8 Å². The monoisotopic (exact) mass is 386 g/mol. The molecule has 1 amide bonds. The summed E-state index contributed by atoms with van der Waals surface area (Å²) in [5.74, 6) is 1.89. The molecule has 1 fully saturated rings. The van der Waals surface area contributed by atoms with Gasteiger partial charge in [-0.05, 0) is 50.1 Å². The zero-order valence-electron chi connectivity index (χ0n) is 15.9. The number of hydrogen-bond donors (Lipinski definition) is 1. The van der Waals surface area contributed by atoms with Gasteiger partial charge >= 0.3 is 0 Å². The minimum Gasteiger partial charge on any atom is -0.372 e. The zero-order valence-corrected chi connectivity index (χ0v) is 16.7. The number of ether oxygens (including phenoxy) is 1. The molecule has 6 nitrogen and oxygen atoms in total. The van der Waals surface area contributed by atoms with Crippen molar-refractivity contribution in [1.82, 2.24) is 15.3 Å². The van der Waals surface area contributed by atoms with Crippen molar-refractivity contribution in [2.24, 2.45) is 0 Å². The second kappa shape index (κ2) is 7.94. The van der Waals surface area contributed by atoms with Crippen LogP contribution in [0.2, 0.25) is 0 Å². The van der Waals surface area contributed by atoms with Crippen LogP contribution in [0.4, 0.5) is 5.82 Å². The molecule has 0 radical (unpaired) electrons. The quantitative estimate of drug-likeness (QED) is 0.875. The largest absolute Gasteiger partial charge is 0.372 e. The Bertz CT molecular complexity index is 794. The Morgan fingerprint density at radius 1 is 1.33 bits per heavy atom. The number of carbonyl (C=O) groups excluding carboxylic acids is 1. The first-order chi connectivity index (χ1) is 13.1. The molecule has 4 heterocycles. The molecule has 0 aromatic carbocycles. The first kappa shape index (κ1) is 18.4. The topological polar surface area (TPSA) is 67.4 Å². The number of anilines is 1. The molecule has 0 aliphatic carbocycles. The molecule has 1 saturated heterocycles. The predicted octanol–water partition coefficient (Wildman–Crippen LogP) is 2.94. The molecule has 27 heavy (non-hydrogen) atoms. The van der Waals surface area contributed by atoms with E-state index in [-0.39, 0.29) is 18.1 Å². The van der Waals surface area contributed by atoms with E-state index >= 15 is 0 Å². The summed E-state index contributed by atoms with van der Waals surface area (Å²) >= 11 is 1.70. The molecule has 0 unspecified atom stereocenters. The number of piperidine rings is 1. The third-order valence-electron chi connectivity index (χ3n) is 5.27. The van der Waals surface area contributed by atoms with Crippen molar-refractivity contribution in [3.8, 4) is 0 Å². The Morgan fingerprint density at radius 2 is 2.15 bits per heavy atom. The zero-order chi connectivity index (χ0) is 18.8. The van der Waals surface area contributed by atoms with Gasteiger partial charge in [-0.25, -0.2) is 9.97 Å². The fraction of sp³-hybridized carbons (Fsp3) is 0.550. The van der Waals surface area contributed by atoms with Crippen LogP contribution in [0.15, 0.2) is 17.5 Å². The van der Waals surface area contributed by atoms with Gasteiger partial charge in [0.2, 0.25) is 5.91 Å². The molecule has 1 atom stereocenters. The molecule has 0 spiro atoms. The van der Waals surface area contributed by atoms with Crippen LogP contribution in [0.1, 0.15) is 47.3 Å². The maximum absolute atomic E-state index is 12.5. The van der Waals surface area contributed by atoms with Gasteiger partial charge in [0.25, 0.3) is 0 Å². The van der Waals surface area contributed by atoms with Crippen molar-refractivity contribution >= 4 is 23.1 Å². The summed E-state index contributed by atoms with van der Waals surface area (Å²) in [5, 5.41) is 5.30. The number of fused-ring (bicyclic) bond motifs is 1. The number of rotatable bonds is 4. The third-order valence-corrected chi connectivity index (χ3v) is 6.32. The summed E-state index contributed by atoms with van der Waals surface area (Å²) < 4.78 is 5.85. The summed E-state index contributed by atoms with van der Waals surface area (Å²) in [4.78, 5) is 24.9. The minimum atomic E-state index is -0.0826. The Balaban J connectivity index is 1.29. The molecule has 4 rings (SSSR count). The van der Waals surface area contributed by atoms with Gasteiger partial charge in [0.15, 0.2) is 0 Å². The molecule has 2 aromatic rings. The van der Waals surface area contributed by atoms with Crippen LogP contribution in [0.25, 0.3) is 0 Å². The summed E-state index contributed by atoms with van der Waals surface area (Å²) in [6.07, 6.45) is 3.16. The van der Waals surface area contributed by atoms with Gasteiger partial charge < -0.3 is 15.0 Å². The van der Waals surface area contributed by atoms with Crippen molar-refractivity contribution in [3.05, 3.63) is 39.5 Å². The molecule has 0 bridgehead atoms. The lowest BCUT2D eigenvalue weighted by Crippen LogP contribution is -2.45. The van der Waals surface area contributed by atoms with Gasteiger partial charge in [-0.2, -0.15) is 0 Å². The highest BCUT2D eigenvalue weighted by molar-refractivity contribution is 7.10. The maximum Gasteiger partial charge on any atom is 0.223 e. The smallest absolute Gasteiger partial charge is 0.223 e. The van der Waals surface area contributed by atoms with E-state index in [1.165, 1.54) is 10.4 Å².